The quantitative estimate of drug-likeness (QED) is 0.553. The molecule has 0 bridgehead atoms. The molecule has 0 fully saturated rings. The van der Waals surface area contributed by atoms with Crippen molar-refractivity contribution in [2.24, 2.45) is 0 Å². The van der Waals surface area contributed by atoms with Gasteiger partial charge in [0.2, 0.25) is 0 Å². The van der Waals surface area contributed by atoms with Crippen molar-refractivity contribution in [2.75, 3.05) is 7.11 Å². The molecule has 0 saturated heterocycles. The molecular weight excluding hydrogens is 330 g/mol. The molecule has 2 heteroatoms. The van der Waals surface area contributed by atoms with Gasteiger partial charge in [-0.25, -0.2) is 0 Å². The maximum absolute atomic E-state index is 5.31. The second-order valence-corrected chi connectivity index (χ2v) is 7.59. The summed E-state index contributed by atoms with van der Waals surface area (Å²) in [5.74, 6) is 1.22. The highest BCUT2D eigenvalue weighted by molar-refractivity contribution is 5.33. The number of hydrogen-bond donors (Lipinski definition) is 1. The number of nitrogens with one attached hydrogen (secondary N) is 1. The molecule has 0 aliphatic carbocycles. The molecule has 0 heterocycles. The van der Waals surface area contributed by atoms with E-state index < -0.39 is 0 Å². The Labute approximate surface area is 163 Å². The van der Waals surface area contributed by atoms with Gasteiger partial charge in [-0.1, -0.05) is 79.7 Å². The molecule has 3 aromatic carbocycles. The van der Waals surface area contributed by atoms with E-state index in [1.165, 1.54) is 16.7 Å². The molecule has 0 aliphatic rings. The number of methoxy groups -OCH3 is 1. The third-order valence-corrected chi connectivity index (χ3v) is 5.31. The van der Waals surface area contributed by atoms with Gasteiger partial charge in [-0.3, -0.25) is 0 Å². The SMILES string of the molecule is COc1ccc(C(C)(C)N[C@H](c2ccccc2)[C@H](C)c2ccccc2)cc1. The van der Waals surface area contributed by atoms with Crippen LogP contribution < -0.4 is 10.1 Å². The fourth-order valence-electron chi connectivity index (χ4n) is 3.59. The van der Waals surface area contributed by atoms with E-state index in [-0.39, 0.29) is 11.6 Å². The van der Waals surface area contributed by atoms with Crippen LogP contribution in [0.2, 0.25) is 0 Å². The summed E-state index contributed by atoms with van der Waals surface area (Å²) in [6.45, 7) is 6.77. The standard InChI is InChI=1S/C25H29NO/c1-19(20-11-7-5-8-12-20)24(21-13-9-6-10-14-21)26-25(2,3)22-15-17-23(27-4)18-16-22/h5-19,24,26H,1-4H3/t19-,24+/m1/s1. The van der Waals surface area contributed by atoms with Crippen LogP contribution in [0.3, 0.4) is 0 Å². The van der Waals surface area contributed by atoms with Crippen LogP contribution in [-0.2, 0) is 5.54 Å². The van der Waals surface area contributed by atoms with E-state index in [4.69, 9.17) is 4.74 Å². The van der Waals surface area contributed by atoms with Crippen molar-refractivity contribution in [2.45, 2.75) is 38.3 Å². The van der Waals surface area contributed by atoms with Gasteiger partial charge in [0.15, 0.2) is 0 Å². The number of rotatable bonds is 7. The van der Waals surface area contributed by atoms with Gasteiger partial charge in [0.25, 0.3) is 0 Å². The minimum absolute atomic E-state index is 0.185. The van der Waals surface area contributed by atoms with Crippen LogP contribution in [0.5, 0.6) is 5.75 Å². The zero-order chi connectivity index (χ0) is 19.3. The molecule has 0 aliphatic heterocycles. The molecule has 140 valence electrons. The summed E-state index contributed by atoms with van der Waals surface area (Å²) in [4.78, 5) is 0. The van der Waals surface area contributed by atoms with Crippen molar-refractivity contribution in [3.05, 3.63) is 102 Å². The van der Waals surface area contributed by atoms with Crippen molar-refractivity contribution in [1.29, 1.82) is 0 Å². The van der Waals surface area contributed by atoms with Crippen LogP contribution in [0.1, 0.15) is 49.4 Å². The predicted molar refractivity (Wildman–Crippen MR) is 113 cm³/mol. The van der Waals surface area contributed by atoms with Crippen LogP contribution in [-0.4, -0.2) is 7.11 Å². The summed E-state index contributed by atoms with van der Waals surface area (Å²) in [6.07, 6.45) is 0. The Bertz CT molecular complexity index is 825. The smallest absolute Gasteiger partial charge is 0.118 e. The first kappa shape index (κ1) is 19.2. The van der Waals surface area contributed by atoms with Crippen LogP contribution in [0.25, 0.3) is 0 Å². The number of hydrogen-bond acceptors (Lipinski definition) is 2. The van der Waals surface area contributed by atoms with Crippen LogP contribution in [0.4, 0.5) is 0 Å². The summed E-state index contributed by atoms with van der Waals surface area (Å²) in [6, 6.07) is 30.0. The third-order valence-electron chi connectivity index (χ3n) is 5.31. The van der Waals surface area contributed by atoms with Gasteiger partial charge in [0.1, 0.15) is 5.75 Å². The Hall–Kier alpha value is -2.58. The van der Waals surface area contributed by atoms with Crippen molar-refractivity contribution in [3.8, 4) is 5.75 Å². The Balaban J connectivity index is 1.92. The molecule has 0 spiro atoms. The second-order valence-electron chi connectivity index (χ2n) is 7.59. The third kappa shape index (κ3) is 4.58. The highest BCUT2D eigenvalue weighted by Gasteiger charge is 2.29. The predicted octanol–water partition coefficient (Wildman–Crippen LogP) is 6.06. The van der Waals surface area contributed by atoms with E-state index >= 15 is 0 Å². The van der Waals surface area contributed by atoms with Gasteiger partial charge in [0.05, 0.1) is 7.11 Å². The van der Waals surface area contributed by atoms with Crippen molar-refractivity contribution in [1.82, 2.24) is 5.32 Å². The summed E-state index contributed by atoms with van der Waals surface area (Å²) >= 11 is 0. The molecule has 0 saturated carbocycles. The topological polar surface area (TPSA) is 21.3 Å². The van der Waals surface area contributed by atoms with Gasteiger partial charge in [-0.05, 0) is 42.7 Å². The van der Waals surface area contributed by atoms with Crippen LogP contribution in [0, 0.1) is 0 Å². The molecule has 27 heavy (non-hydrogen) atoms. The molecule has 2 nitrogen and oxygen atoms in total. The first-order valence-corrected chi connectivity index (χ1v) is 9.53. The van der Waals surface area contributed by atoms with E-state index in [0.29, 0.717) is 5.92 Å². The van der Waals surface area contributed by atoms with E-state index in [1.807, 2.05) is 12.1 Å². The summed E-state index contributed by atoms with van der Waals surface area (Å²) in [5, 5.41) is 3.92. The summed E-state index contributed by atoms with van der Waals surface area (Å²) < 4.78 is 5.31. The normalized spacial score (nSPS) is 13.8. The highest BCUT2D eigenvalue weighted by atomic mass is 16.5. The molecule has 2 atom stereocenters. The molecule has 0 amide bonds. The zero-order valence-corrected chi connectivity index (χ0v) is 16.6. The summed E-state index contributed by atoms with van der Waals surface area (Å²) in [7, 11) is 1.70. The first-order chi connectivity index (χ1) is 13.0. The van der Waals surface area contributed by atoms with Gasteiger partial charge >= 0.3 is 0 Å². The fourth-order valence-corrected chi connectivity index (χ4v) is 3.59. The maximum Gasteiger partial charge on any atom is 0.118 e. The van der Waals surface area contributed by atoms with Crippen molar-refractivity contribution in [3.63, 3.8) is 0 Å². The van der Waals surface area contributed by atoms with Crippen molar-refractivity contribution >= 4 is 0 Å². The van der Waals surface area contributed by atoms with E-state index in [1.54, 1.807) is 7.11 Å². The first-order valence-electron chi connectivity index (χ1n) is 9.53. The van der Waals surface area contributed by atoms with E-state index in [0.717, 1.165) is 5.75 Å². The lowest BCUT2D eigenvalue weighted by molar-refractivity contribution is 0.317. The zero-order valence-electron chi connectivity index (χ0n) is 16.6. The van der Waals surface area contributed by atoms with E-state index in [9.17, 15) is 0 Å². The lowest BCUT2D eigenvalue weighted by Crippen LogP contribution is -2.41. The minimum atomic E-state index is -0.185. The number of ether oxygens (including phenoxy) is 1. The maximum atomic E-state index is 5.31. The molecule has 1 N–H and O–H groups in total. The largest absolute Gasteiger partial charge is 0.497 e. The summed E-state index contributed by atoms with van der Waals surface area (Å²) in [5.41, 5.74) is 3.69. The van der Waals surface area contributed by atoms with Gasteiger partial charge < -0.3 is 10.1 Å². The van der Waals surface area contributed by atoms with Gasteiger partial charge in [0, 0.05) is 17.5 Å². The van der Waals surface area contributed by atoms with E-state index in [2.05, 4.69) is 98.9 Å². The Morgan fingerprint density at radius 3 is 1.78 bits per heavy atom. The lowest BCUT2D eigenvalue weighted by atomic mass is 9.85. The van der Waals surface area contributed by atoms with Crippen molar-refractivity contribution < 1.29 is 4.74 Å². The second kappa shape index (κ2) is 8.41. The lowest BCUT2D eigenvalue weighted by Gasteiger charge is -2.36. The highest BCUT2D eigenvalue weighted by Crippen LogP contribution is 2.35. The molecular formula is C25H29NO. The fraction of sp³-hybridized carbons (Fsp3) is 0.280. The minimum Gasteiger partial charge on any atom is -0.497 e. The Morgan fingerprint density at radius 2 is 1.26 bits per heavy atom. The van der Waals surface area contributed by atoms with Crippen LogP contribution >= 0.6 is 0 Å². The van der Waals surface area contributed by atoms with Crippen LogP contribution in [0.15, 0.2) is 84.9 Å². The number of benzene rings is 3. The van der Waals surface area contributed by atoms with Gasteiger partial charge in [-0.15, -0.1) is 0 Å². The molecule has 0 radical (unpaired) electrons. The molecule has 0 aromatic heterocycles. The Morgan fingerprint density at radius 1 is 0.741 bits per heavy atom. The molecule has 0 unspecified atom stereocenters. The monoisotopic (exact) mass is 359 g/mol. The Kier molecular flexibility index (Phi) is 5.98. The molecule has 3 rings (SSSR count). The van der Waals surface area contributed by atoms with Gasteiger partial charge in [-0.2, -0.15) is 0 Å². The average molecular weight is 360 g/mol. The average Bonchev–Trinajstić information content (AvgIpc) is 2.73. The molecule has 3 aromatic rings.